The number of aryl methyl sites for hydroxylation is 2. The van der Waals surface area contributed by atoms with E-state index in [2.05, 4.69) is 15.6 Å². The monoisotopic (exact) mass is 343 g/mol. The number of nitrogens with one attached hydrogen (secondary N) is 1. The predicted molar refractivity (Wildman–Crippen MR) is 92.6 cm³/mol. The molecule has 3 rings (SSSR count). The van der Waals surface area contributed by atoms with Gasteiger partial charge in [-0.25, -0.2) is 10.1 Å². The Bertz CT molecular complexity index is 1010. The van der Waals surface area contributed by atoms with Crippen molar-refractivity contribution in [3.05, 3.63) is 57.2 Å². The van der Waals surface area contributed by atoms with Gasteiger partial charge >= 0.3 is 0 Å². The lowest BCUT2D eigenvalue weighted by atomic mass is 10.3. The third-order valence-corrected chi connectivity index (χ3v) is 4.62. The minimum absolute atomic E-state index is 0.163. The van der Waals surface area contributed by atoms with Gasteiger partial charge in [0.1, 0.15) is 0 Å². The molecule has 1 aromatic carbocycles. The van der Waals surface area contributed by atoms with Crippen LogP contribution in [0.5, 0.6) is 0 Å². The molecular weight excluding hydrogens is 326 g/mol. The minimum Gasteiger partial charge on any atom is -0.318 e. The van der Waals surface area contributed by atoms with Gasteiger partial charge in [0.15, 0.2) is 5.69 Å². The summed E-state index contributed by atoms with van der Waals surface area (Å²) in [5.74, 6) is -0.447. The molecular formula is C16H17N5O2S. The second kappa shape index (κ2) is 6.79. The quantitative estimate of drug-likeness (QED) is 0.728. The van der Waals surface area contributed by atoms with Crippen molar-refractivity contribution in [1.29, 1.82) is 0 Å². The number of carbonyl (C=O) groups is 1. The van der Waals surface area contributed by atoms with Crippen LogP contribution in [0.15, 0.2) is 46.3 Å². The molecule has 0 unspecified atom stereocenters. The molecule has 7 nitrogen and oxygen atoms in total. The van der Waals surface area contributed by atoms with Crippen LogP contribution in [-0.4, -0.2) is 20.3 Å². The molecule has 0 bridgehead atoms. The smallest absolute Gasteiger partial charge is 0.291 e. The second-order valence-electron chi connectivity index (χ2n) is 5.24. The molecule has 0 aliphatic heterocycles. The summed E-state index contributed by atoms with van der Waals surface area (Å²) >= 11 is 1.48. The highest BCUT2D eigenvalue weighted by molar-refractivity contribution is 7.16. The first-order chi connectivity index (χ1) is 11.6. The van der Waals surface area contributed by atoms with E-state index < -0.39 is 5.91 Å². The second-order valence-corrected chi connectivity index (χ2v) is 6.25. The van der Waals surface area contributed by atoms with Crippen LogP contribution >= 0.6 is 11.3 Å². The van der Waals surface area contributed by atoms with Crippen LogP contribution < -0.4 is 15.8 Å². The molecule has 0 aliphatic carbocycles. The zero-order chi connectivity index (χ0) is 17.1. The largest absolute Gasteiger partial charge is 0.318 e. The van der Waals surface area contributed by atoms with E-state index >= 15 is 0 Å². The fourth-order valence-electron chi connectivity index (χ4n) is 2.29. The maximum Gasteiger partial charge on any atom is 0.291 e. The fraction of sp³-hybridized carbons (Fsp3) is 0.250. The zero-order valence-corrected chi connectivity index (χ0v) is 14.2. The molecule has 0 aliphatic rings. The van der Waals surface area contributed by atoms with E-state index in [-0.39, 0.29) is 11.3 Å². The summed E-state index contributed by atoms with van der Waals surface area (Å²) < 4.78 is 4.28. The molecule has 0 saturated heterocycles. The normalized spacial score (nSPS) is 11.8. The van der Waals surface area contributed by atoms with Crippen molar-refractivity contribution in [2.75, 3.05) is 0 Å². The molecule has 0 atom stereocenters. The number of aromatic nitrogens is 3. The Balaban J connectivity index is 1.88. The standard InChI is InChI=1S/C16H17N5O2S/c1-3-10-21-14(22)9-8-11(19-21)15(23)17-18-16-20(2)12-6-4-5-7-13(12)24-16/h4-9H,3,10H2,1-2H3,(H,17,23). The van der Waals surface area contributed by atoms with Gasteiger partial charge in [-0.2, -0.15) is 5.10 Å². The predicted octanol–water partition coefficient (Wildman–Crippen LogP) is 1.45. The molecule has 1 N–H and O–H groups in total. The molecule has 124 valence electrons. The number of rotatable bonds is 4. The Morgan fingerprint density at radius 1 is 1.29 bits per heavy atom. The maximum absolute atomic E-state index is 12.2. The third kappa shape index (κ3) is 3.13. The number of thiazole rings is 1. The van der Waals surface area contributed by atoms with E-state index in [1.807, 2.05) is 42.8 Å². The van der Waals surface area contributed by atoms with Crippen LogP contribution in [0, 0.1) is 0 Å². The molecule has 8 heteroatoms. The number of nitrogens with zero attached hydrogens (tertiary/aromatic N) is 4. The maximum atomic E-state index is 12.2. The number of hydrogen-bond acceptors (Lipinski definition) is 5. The third-order valence-electron chi connectivity index (χ3n) is 3.50. The molecule has 0 radical (unpaired) electrons. The van der Waals surface area contributed by atoms with Crippen molar-refractivity contribution in [2.24, 2.45) is 12.1 Å². The van der Waals surface area contributed by atoms with E-state index in [0.29, 0.717) is 11.3 Å². The van der Waals surface area contributed by atoms with Crippen LogP contribution in [0.3, 0.4) is 0 Å². The van der Waals surface area contributed by atoms with Gasteiger partial charge in [0.05, 0.1) is 10.2 Å². The summed E-state index contributed by atoms with van der Waals surface area (Å²) in [7, 11) is 1.89. The Labute approximate surface area is 141 Å². The highest BCUT2D eigenvalue weighted by Crippen LogP contribution is 2.14. The van der Waals surface area contributed by atoms with Crippen LogP contribution in [0.25, 0.3) is 10.2 Å². The first-order valence-electron chi connectivity index (χ1n) is 7.57. The van der Waals surface area contributed by atoms with Crippen molar-refractivity contribution in [1.82, 2.24) is 19.8 Å². The van der Waals surface area contributed by atoms with Gasteiger partial charge in [-0.15, -0.1) is 5.10 Å². The number of fused-ring (bicyclic) bond motifs is 1. The van der Waals surface area contributed by atoms with E-state index in [1.165, 1.54) is 28.2 Å². The van der Waals surface area contributed by atoms with Crippen molar-refractivity contribution in [3.63, 3.8) is 0 Å². The van der Waals surface area contributed by atoms with Crippen molar-refractivity contribution in [2.45, 2.75) is 19.9 Å². The summed E-state index contributed by atoms with van der Waals surface area (Å²) in [6.45, 7) is 2.42. The summed E-state index contributed by atoms with van der Waals surface area (Å²) in [5.41, 5.74) is 3.49. The van der Waals surface area contributed by atoms with Gasteiger partial charge in [0.2, 0.25) is 4.80 Å². The molecule has 0 saturated carbocycles. The van der Waals surface area contributed by atoms with Crippen molar-refractivity contribution in [3.8, 4) is 0 Å². The average Bonchev–Trinajstić information content (AvgIpc) is 2.91. The molecule has 3 aromatic rings. The summed E-state index contributed by atoms with van der Waals surface area (Å²) in [4.78, 5) is 24.5. The molecule has 24 heavy (non-hydrogen) atoms. The van der Waals surface area contributed by atoms with E-state index in [4.69, 9.17) is 0 Å². The number of para-hydroxylation sites is 1. The Kier molecular flexibility index (Phi) is 4.57. The lowest BCUT2D eigenvalue weighted by Gasteiger charge is -2.04. The zero-order valence-electron chi connectivity index (χ0n) is 13.4. The number of amides is 1. The van der Waals surface area contributed by atoms with Crippen LogP contribution in [-0.2, 0) is 13.6 Å². The number of hydrogen-bond donors (Lipinski definition) is 1. The molecule has 0 fully saturated rings. The van der Waals surface area contributed by atoms with Crippen molar-refractivity contribution >= 4 is 27.5 Å². The van der Waals surface area contributed by atoms with Gasteiger partial charge in [-0.1, -0.05) is 30.4 Å². The number of carbonyl (C=O) groups excluding carboxylic acids is 1. The Morgan fingerprint density at radius 2 is 2.08 bits per heavy atom. The Hall–Kier alpha value is -2.74. The summed E-state index contributed by atoms with van der Waals surface area (Å²) in [6.07, 6.45) is 0.764. The van der Waals surface area contributed by atoms with Crippen LogP contribution in [0.4, 0.5) is 0 Å². The van der Waals surface area contributed by atoms with Gasteiger partial charge in [0, 0.05) is 19.7 Å². The first kappa shape index (κ1) is 16.1. The van der Waals surface area contributed by atoms with E-state index in [1.54, 1.807) is 0 Å². The topological polar surface area (TPSA) is 81.3 Å². The highest BCUT2D eigenvalue weighted by atomic mass is 32.1. The van der Waals surface area contributed by atoms with Crippen LogP contribution in [0.1, 0.15) is 23.8 Å². The van der Waals surface area contributed by atoms with Crippen molar-refractivity contribution < 1.29 is 4.79 Å². The van der Waals surface area contributed by atoms with Gasteiger partial charge < -0.3 is 4.57 Å². The minimum atomic E-state index is -0.447. The number of benzene rings is 1. The van der Waals surface area contributed by atoms with Gasteiger partial charge in [-0.3, -0.25) is 9.59 Å². The van der Waals surface area contributed by atoms with Gasteiger partial charge in [-0.05, 0) is 24.6 Å². The fourth-order valence-corrected chi connectivity index (χ4v) is 3.27. The van der Waals surface area contributed by atoms with Gasteiger partial charge in [0.25, 0.3) is 11.5 Å². The summed E-state index contributed by atoms with van der Waals surface area (Å²) in [6, 6.07) is 10.7. The van der Waals surface area contributed by atoms with E-state index in [9.17, 15) is 9.59 Å². The Morgan fingerprint density at radius 3 is 2.83 bits per heavy atom. The van der Waals surface area contributed by atoms with E-state index in [0.717, 1.165) is 16.6 Å². The summed E-state index contributed by atoms with van der Waals surface area (Å²) in [5, 5.41) is 8.24. The molecule has 2 aromatic heterocycles. The van der Waals surface area contributed by atoms with Crippen LogP contribution in [0.2, 0.25) is 0 Å². The first-order valence-corrected chi connectivity index (χ1v) is 8.38. The highest BCUT2D eigenvalue weighted by Gasteiger charge is 2.09. The SMILES string of the molecule is CCCn1nc(C(=O)NN=c2sc3ccccc3n2C)ccc1=O. The molecule has 2 heterocycles. The molecule has 0 spiro atoms. The average molecular weight is 343 g/mol. The molecule has 1 amide bonds. The lowest BCUT2D eigenvalue weighted by molar-refractivity contribution is 0.0945. The lowest BCUT2D eigenvalue weighted by Crippen LogP contribution is -2.29.